The van der Waals surface area contributed by atoms with Crippen LogP contribution in [0.3, 0.4) is 0 Å². The molecule has 1 N–H and O–H groups in total. The summed E-state index contributed by atoms with van der Waals surface area (Å²) in [7, 11) is 1.68. The Balaban J connectivity index is 1.59. The van der Waals surface area contributed by atoms with E-state index in [0.717, 1.165) is 35.0 Å². The van der Waals surface area contributed by atoms with Crippen LogP contribution in [0.1, 0.15) is 23.8 Å². The molecule has 27 heavy (non-hydrogen) atoms. The molecule has 1 aliphatic carbocycles. The Bertz CT molecular complexity index is 1110. The molecule has 1 aromatic carbocycles. The average Bonchev–Trinajstić information content (AvgIpc) is 3.22. The minimum atomic E-state index is -0.535. The molecule has 2 aromatic heterocycles. The van der Waals surface area contributed by atoms with Gasteiger partial charge in [0, 0.05) is 11.9 Å². The van der Waals surface area contributed by atoms with E-state index in [0.29, 0.717) is 5.16 Å². The summed E-state index contributed by atoms with van der Waals surface area (Å²) >= 11 is 2.77. The van der Waals surface area contributed by atoms with Crippen LogP contribution in [0.5, 0.6) is 0 Å². The smallest absolute Gasteiger partial charge is 0.262 e. The van der Waals surface area contributed by atoms with Crippen LogP contribution in [-0.2, 0) is 24.7 Å². The predicted octanol–water partition coefficient (Wildman–Crippen LogP) is 3.74. The van der Waals surface area contributed by atoms with Crippen molar-refractivity contribution in [3.63, 3.8) is 0 Å². The van der Waals surface area contributed by atoms with Gasteiger partial charge in [-0.3, -0.25) is 14.2 Å². The number of rotatable bonds is 4. The number of nitrogens with zero attached hydrogens (tertiary/aromatic N) is 2. The maximum atomic E-state index is 13.7. The van der Waals surface area contributed by atoms with Gasteiger partial charge in [0.15, 0.2) is 5.16 Å². The first-order chi connectivity index (χ1) is 13.0. The molecule has 0 saturated carbocycles. The van der Waals surface area contributed by atoms with Gasteiger partial charge in [0.1, 0.15) is 10.6 Å². The number of fused-ring (bicyclic) bond motifs is 3. The van der Waals surface area contributed by atoms with Crippen molar-refractivity contribution in [1.82, 2.24) is 9.55 Å². The van der Waals surface area contributed by atoms with Crippen molar-refractivity contribution in [2.75, 3.05) is 5.32 Å². The van der Waals surface area contributed by atoms with Gasteiger partial charge in [0.05, 0.1) is 16.3 Å². The zero-order valence-electron chi connectivity index (χ0n) is 14.9. The Morgan fingerprint density at radius 1 is 1.37 bits per heavy atom. The number of aromatic nitrogens is 2. The van der Waals surface area contributed by atoms with Gasteiger partial charge in [-0.2, -0.15) is 0 Å². The van der Waals surface area contributed by atoms with Crippen molar-refractivity contribution in [1.29, 1.82) is 0 Å². The van der Waals surface area contributed by atoms with Crippen molar-refractivity contribution in [2.45, 2.75) is 36.6 Å². The highest BCUT2D eigenvalue weighted by Gasteiger charge is 2.24. The number of hydrogen-bond donors (Lipinski definition) is 1. The summed E-state index contributed by atoms with van der Waals surface area (Å²) in [5.41, 5.74) is 1.22. The summed E-state index contributed by atoms with van der Waals surface area (Å²) in [6.45, 7) is 1.71. The zero-order valence-corrected chi connectivity index (χ0v) is 16.5. The number of thiophene rings is 1. The van der Waals surface area contributed by atoms with Crippen LogP contribution in [0.4, 0.5) is 10.1 Å². The van der Waals surface area contributed by atoms with Gasteiger partial charge < -0.3 is 5.32 Å². The highest BCUT2D eigenvalue weighted by molar-refractivity contribution is 8.00. The topological polar surface area (TPSA) is 64.0 Å². The monoisotopic (exact) mass is 403 g/mol. The number of thioether (sulfide) groups is 1. The van der Waals surface area contributed by atoms with Crippen LogP contribution < -0.4 is 10.9 Å². The second-order valence-corrected chi connectivity index (χ2v) is 8.92. The molecule has 140 valence electrons. The molecule has 4 rings (SSSR count). The van der Waals surface area contributed by atoms with Gasteiger partial charge in [-0.15, -0.1) is 11.3 Å². The first-order valence-electron chi connectivity index (χ1n) is 8.69. The predicted molar refractivity (Wildman–Crippen MR) is 107 cm³/mol. The number of halogens is 1. The second kappa shape index (κ2) is 7.09. The molecular weight excluding hydrogens is 385 g/mol. The Kier molecular flexibility index (Phi) is 4.77. The van der Waals surface area contributed by atoms with E-state index >= 15 is 0 Å². The van der Waals surface area contributed by atoms with Crippen LogP contribution in [-0.4, -0.2) is 20.7 Å². The zero-order chi connectivity index (χ0) is 19.1. The maximum Gasteiger partial charge on any atom is 0.262 e. The first-order valence-corrected chi connectivity index (χ1v) is 10.4. The standard InChI is InChI=1S/C19H18FN3O2S2/c1-10(16(24)21-13-8-4-3-7-12(13)20)26-19-22-17-15(18(25)23(19)2)11-6-5-9-14(11)27-17/h3-4,7-8,10H,5-6,9H2,1-2H3,(H,21,24). The lowest BCUT2D eigenvalue weighted by Crippen LogP contribution is -2.25. The summed E-state index contributed by atoms with van der Waals surface area (Å²) in [6, 6.07) is 6.03. The number of carbonyl (C=O) groups is 1. The molecule has 1 amide bonds. The number of hydrogen-bond acceptors (Lipinski definition) is 5. The molecule has 2 heterocycles. The third-order valence-corrected chi connectivity index (χ3v) is 7.02. The second-order valence-electron chi connectivity index (χ2n) is 6.53. The van der Waals surface area contributed by atoms with E-state index in [2.05, 4.69) is 10.3 Å². The molecule has 0 spiro atoms. The lowest BCUT2D eigenvalue weighted by molar-refractivity contribution is -0.115. The van der Waals surface area contributed by atoms with E-state index in [9.17, 15) is 14.0 Å². The van der Waals surface area contributed by atoms with Crippen LogP contribution >= 0.6 is 23.1 Å². The third-order valence-electron chi connectivity index (χ3n) is 4.69. The number of aryl methyl sites for hydroxylation is 2. The summed E-state index contributed by atoms with van der Waals surface area (Å²) in [4.78, 5) is 31.9. The molecule has 0 aliphatic heterocycles. The molecular formula is C19H18FN3O2S2. The molecule has 8 heteroatoms. The van der Waals surface area contributed by atoms with Crippen LogP contribution in [0.2, 0.25) is 0 Å². The van der Waals surface area contributed by atoms with Crippen molar-refractivity contribution >= 4 is 44.9 Å². The molecule has 1 atom stereocenters. The van der Waals surface area contributed by atoms with E-state index in [-0.39, 0.29) is 17.2 Å². The minimum Gasteiger partial charge on any atom is -0.323 e. The Labute approximate surface area is 163 Å². The SMILES string of the molecule is CC(Sc1nc2sc3c(c2c(=O)n1C)CCC3)C(=O)Nc1ccccc1F. The number of para-hydroxylation sites is 1. The fourth-order valence-corrected chi connectivity index (χ4v) is 5.40. The minimum absolute atomic E-state index is 0.0661. The van der Waals surface area contributed by atoms with E-state index in [1.165, 1.54) is 33.3 Å². The highest BCUT2D eigenvalue weighted by atomic mass is 32.2. The summed E-state index contributed by atoms with van der Waals surface area (Å²) in [6.07, 6.45) is 3.02. The Morgan fingerprint density at radius 3 is 2.93 bits per heavy atom. The summed E-state index contributed by atoms with van der Waals surface area (Å²) in [5.74, 6) is -0.823. The van der Waals surface area contributed by atoms with Crippen LogP contribution in [0, 0.1) is 5.82 Å². The van der Waals surface area contributed by atoms with Gasteiger partial charge in [-0.1, -0.05) is 23.9 Å². The van der Waals surface area contributed by atoms with E-state index in [4.69, 9.17) is 0 Å². The van der Waals surface area contributed by atoms with Gasteiger partial charge in [-0.05, 0) is 43.9 Å². The van der Waals surface area contributed by atoms with Crippen molar-refractivity contribution in [3.05, 3.63) is 50.9 Å². The fourth-order valence-electron chi connectivity index (χ4n) is 3.22. The van der Waals surface area contributed by atoms with Crippen molar-refractivity contribution in [3.8, 4) is 0 Å². The average molecular weight is 404 g/mol. The lowest BCUT2D eigenvalue weighted by Gasteiger charge is -2.14. The number of anilines is 1. The van der Waals surface area contributed by atoms with Gasteiger partial charge in [-0.25, -0.2) is 9.37 Å². The van der Waals surface area contributed by atoms with Gasteiger partial charge in [0.2, 0.25) is 5.91 Å². The number of benzene rings is 1. The number of carbonyl (C=O) groups excluding carboxylic acids is 1. The fraction of sp³-hybridized carbons (Fsp3) is 0.316. The summed E-state index contributed by atoms with van der Waals surface area (Å²) < 4.78 is 15.2. The third kappa shape index (κ3) is 3.27. The molecule has 5 nitrogen and oxygen atoms in total. The molecule has 0 fully saturated rings. The lowest BCUT2D eigenvalue weighted by atomic mass is 10.2. The molecule has 0 radical (unpaired) electrons. The highest BCUT2D eigenvalue weighted by Crippen LogP contribution is 2.35. The molecule has 0 bridgehead atoms. The number of nitrogens with one attached hydrogen (secondary N) is 1. The van der Waals surface area contributed by atoms with Gasteiger partial charge in [0.25, 0.3) is 5.56 Å². The molecule has 3 aromatic rings. The number of amides is 1. The van der Waals surface area contributed by atoms with E-state index < -0.39 is 11.1 Å². The summed E-state index contributed by atoms with van der Waals surface area (Å²) in [5, 5.41) is 3.26. The Hall–Kier alpha value is -2.19. The van der Waals surface area contributed by atoms with Crippen LogP contribution in [0.15, 0.2) is 34.2 Å². The molecule has 0 saturated heterocycles. The largest absolute Gasteiger partial charge is 0.323 e. The van der Waals surface area contributed by atoms with E-state index in [1.54, 1.807) is 37.4 Å². The van der Waals surface area contributed by atoms with Gasteiger partial charge >= 0.3 is 0 Å². The Morgan fingerprint density at radius 2 is 2.15 bits per heavy atom. The molecule has 1 unspecified atom stereocenters. The molecule has 1 aliphatic rings. The van der Waals surface area contributed by atoms with Crippen LogP contribution in [0.25, 0.3) is 10.2 Å². The van der Waals surface area contributed by atoms with Crippen molar-refractivity contribution in [2.24, 2.45) is 7.05 Å². The quantitative estimate of drug-likeness (QED) is 0.532. The first kappa shape index (κ1) is 18.2. The maximum absolute atomic E-state index is 13.7. The normalized spacial score (nSPS) is 14.3. The van der Waals surface area contributed by atoms with Crippen molar-refractivity contribution < 1.29 is 9.18 Å². The van der Waals surface area contributed by atoms with E-state index in [1.807, 2.05) is 0 Å².